The molecule has 1 aromatic heterocycles. The molecule has 1 unspecified atom stereocenters. The molecule has 116 valence electrons. The van der Waals surface area contributed by atoms with Crippen molar-refractivity contribution in [3.05, 3.63) is 30.1 Å². The zero-order valence-electron chi connectivity index (χ0n) is 12.2. The monoisotopic (exact) mass is 299 g/mol. The van der Waals surface area contributed by atoms with E-state index < -0.39 is 12.7 Å². The molecule has 0 fully saturated rings. The number of hydrogen-bond acceptors (Lipinski definition) is 2. The summed E-state index contributed by atoms with van der Waals surface area (Å²) in [6, 6.07) is 6.90. The first kappa shape index (κ1) is 15.8. The van der Waals surface area contributed by atoms with Crippen LogP contribution in [0, 0.1) is 5.92 Å². The molecule has 6 heteroatoms. The van der Waals surface area contributed by atoms with E-state index in [0.29, 0.717) is 29.3 Å². The Balaban J connectivity index is 2.52. The van der Waals surface area contributed by atoms with E-state index >= 15 is 0 Å². The Labute approximate surface area is 122 Å². The Morgan fingerprint density at radius 1 is 1.24 bits per heavy atom. The van der Waals surface area contributed by atoms with Crippen LogP contribution in [0.3, 0.4) is 0 Å². The van der Waals surface area contributed by atoms with Gasteiger partial charge in [-0.15, -0.1) is 0 Å². The van der Waals surface area contributed by atoms with Gasteiger partial charge in [0.1, 0.15) is 12.4 Å². The van der Waals surface area contributed by atoms with Gasteiger partial charge in [0.25, 0.3) is 0 Å². The van der Waals surface area contributed by atoms with Crippen LogP contribution in [0.4, 0.5) is 13.2 Å². The van der Waals surface area contributed by atoms with Crippen LogP contribution in [-0.4, -0.2) is 22.3 Å². The highest BCUT2D eigenvalue weighted by atomic mass is 19.4. The van der Waals surface area contributed by atoms with Crippen molar-refractivity contribution in [2.24, 2.45) is 11.7 Å². The Morgan fingerprint density at radius 3 is 2.48 bits per heavy atom. The van der Waals surface area contributed by atoms with Gasteiger partial charge in [-0.2, -0.15) is 13.2 Å². The van der Waals surface area contributed by atoms with E-state index in [9.17, 15) is 13.2 Å². The molecule has 0 bridgehead atoms. The maximum absolute atomic E-state index is 12.9. The SMILES string of the molecule is CC(C)CC(CN)c1nc2ccccc2n1CC(F)(F)F. The zero-order chi connectivity index (χ0) is 15.6. The molecule has 0 spiro atoms. The minimum absolute atomic E-state index is 0.167. The lowest BCUT2D eigenvalue weighted by Gasteiger charge is -2.19. The molecule has 0 aliphatic rings. The maximum atomic E-state index is 12.9. The lowest BCUT2D eigenvalue weighted by molar-refractivity contribution is -0.140. The predicted molar refractivity (Wildman–Crippen MR) is 77.0 cm³/mol. The molecule has 2 rings (SSSR count). The standard InChI is InChI=1S/C15H20F3N3/c1-10(2)7-11(8-19)14-20-12-5-3-4-6-13(12)21(14)9-15(16,17)18/h3-6,10-11H,7-9,19H2,1-2H3. The number of alkyl halides is 3. The van der Waals surface area contributed by atoms with Crippen molar-refractivity contribution in [3.63, 3.8) is 0 Å². The molecule has 1 atom stereocenters. The highest BCUT2D eigenvalue weighted by Gasteiger charge is 2.31. The number of imidazole rings is 1. The number of rotatable bonds is 5. The molecule has 2 N–H and O–H groups in total. The molecule has 0 saturated heterocycles. The molecule has 0 radical (unpaired) electrons. The van der Waals surface area contributed by atoms with E-state index in [4.69, 9.17) is 5.73 Å². The largest absolute Gasteiger partial charge is 0.406 e. The smallest absolute Gasteiger partial charge is 0.330 e. The van der Waals surface area contributed by atoms with Crippen LogP contribution < -0.4 is 5.73 Å². The molecule has 1 aromatic carbocycles. The van der Waals surface area contributed by atoms with Gasteiger partial charge in [-0.3, -0.25) is 0 Å². The lowest BCUT2D eigenvalue weighted by Crippen LogP contribution is -2.24. The second-order valence-electron chi connectivity index (χ2n) is 5.72. The lowest BCUT2D eigenvalue weighted by atomic mass is 9.96. The van der Waals surface area contributed by atoms with Gasteiger partial charge in [-0.1, -0.05) is 26.0 Å². The molecular weight excluding hydrogens is 279 g/mol. The number of halogens is 3. The normalized spacial score (nSPS) is 14.0. The summed E-state index contributed by atoms with van der Waals surface area (Å²) >= 11 is 0. The molecule has 3 nitrogen and oxygen atoms in total. The van der Waals surface area contributed by atoms with Crippen LogP contribution in [0.15, 0.2) is 24.3 Å². The Morgan fingerprint density at radius 2 is 1.90 bits per heavy atom. The van der Waals surface area contributed by atoms with Gasteiger partial charge in [0.2, 0.25) is 0 Å². The van der Waals surface area contributed by atoms with Crippen LogP contribution >= 0.6 is 0 Å². The van der Waals surface area contributed by atoms with Crippen LogP contribution in [-0.2, 0) is 6.54 Å². The summed E-state index contributed by atoms with van der Waals surface area (Å²) in [6.07, 6.45) is -3.56. The van der Waals surface area contributed by atoms with Gasteiger partial charge in [0.05, 0.1) is 11.0 Å². The number of nitrogens with two attached hydrogens (primary N) is 1. The van der Waals surface area contributed by atoms with Crippen LogP contribution in [0.25, 0.3) is 11.0 Å². The summed E-state index contributed by atoms with van der Waals surface area (Å²) in [5, 5.41) is 0. The minimum atomic E-state index is -4.28. The van der Waals surface area contributed by atoms with Crippen molar-refractivity contribution in [2.45, 2.75) is 38.9 Å². The van der Waals surface area contributed by atoms with Crippen molar-refractivity contribution in [3.8, 4) is 0 Å². The number of fused-ring (bicyclic) bond motifs is 1. The Bertz CT molecular complexity index is 602. The Hall–Kier alpha value is -1.56. The molecule has 21 heavy (non-hydrogen) atoms. The molecular formula is C15H20F3N3. The van der Waals surface area contributed by atoms with Crippen LogP contribution in [0.1, 0.15) is 32.0 Å². The highest BCUT2D eigenvalue weighted by molar-refractivity contribution is 5.76. The molecule has 0 amide bonds. The average molecular weight is 299 g/mol. The summed E-state index contributed by atoms with van der Waals surface area (Å²) in [5.41, 5.74) is 6.86. The minimum Gasteiger partial charge on any atom is -0.330 e. The fourth-order valence-corrected chi connectivity index (χ4v) is 2.63. The summed E-state index contributed by atoms with van der Waals surface area (Å²) < 4.78 is 39.9. The summed E-state index contributed by atoms with van der Waals surface area (Å²) in [4.78, 5) is 4.40. The van der Waals surface area contributed by atoms with Gasteiger partial charge >= 0.3 is 6.18 Å². The molecule has 2 aromatic rings. The van der Waals surface area contributed by atoms with Gasteiger partial charge in [0.15, 0.2) is 0 Å². The molecule has 1 heterocycles. The highest BCUT2D eigenvalue weighted by Crippen LogP contribution is 2.29. The Kier molecular flexibility index (Phi) is 4.56. The summed E-state index contributed by atoms with van der Waals surface area (Å²) in [6.45, 7) is 3.32. The van der Waals surface area contributed by atoms with Crippen LogP contribution in [0.5, 0.6) is 0 Å². The third kappa shape index (κ3) is 3.75. The van der Waals surface area contributed by atoms with E-state index in [1.807, 2.05) is 13.8 Å². The quantitative estimate of drug-likeness (QED) is 0.915. The van der Waals surface area contributed by atoms with E-state index in [0.717, 1.165) is 6.42 Å². The average Bonchev–Trinajstić information content (AvgIpc) is 2.73. The third-order valence-corrected chi connectivity index (χ3v) is 3.43. The number of hydrogen-bond donors (Lipinski definition) is 1. The number of para-hydroxylation sites is 2. The van der Waals surface area contributed by atoms with Crippen molar-refractivity contribution < 1.29 is 13.2 Å². The van der Waals surface area contributed by atoms with Gasteiger partial charge in [-0.05, 0) is 24.5 Å². The predicted octanol–water partition coefficient (Wildman–Crippen LogP) is 3.69. The summed E-state index contributed by atoms with van der Waals surface area (Å²) in [7, 11) is 0. The first-order chi connectivity index (χ1) is 9.81. The topological polar surface area (TPSA) is 43.8 Å². The maximum Gasteiger partial charge on any atom is 0.406 e. The zero-order valence-corrected chi connectivity index (χ0v) is 12.2. The van der Waals surface area contributed by atoms with Gasteiger partial charge in [0, 0.05) is 12.5 Å². The second kappa shape index (κ2) is 6.05. The van der Waals surface area contributed by atoms with E-state index in [2.05, 4.69) is 4.98 Å². The van der Waals surface area contributed by atoms with Gasteiger partial charge < -0.3 is 10.3 Å². The fourth-order valence-electron chi connectivity index (χ4n) is 2.63. The van der Waals surface area contributed by atoms with E-state index in [1.165, 1.54) is 4.57 Å². The number of aromatic nitrogens is 2. The number of benzene rings is 1. The molecule has 0 saturated carbocycles. The van der Waals surface area contributed by atoms with Crippen molar-refractivity contribution in [1.82, 2.24) is 9.55 Å². The van der Waals surface area contributed by atoms with E-state index in [1.54, 1.807) is 24.3 Å². The third-order valence-electron chi connectivity index (χ3n) is 3.43. The first-order valence-corrected chi connectivity index (χ1v) is 7.03. The van der Waals surface area contributed by atoms with Gasteiger partial charge in [-0.25, -0.2) is 4.98 Å². The number of nitrogens with zero attached hydrogens (tertiary/aromatic N) is 2. The summed E-state index contributed by atoms with van der Waals surface area (Å²) in [5.74, 6) is 0.613. The van der Waals surface area contributed by atoms with Crippen LogP contribution in [0.2, 0.25) is 0 Å². The van der Waals surface area contributed by atoms with Crippen molar-refractivity contribution in [1.29, 1.82) is 0 Å². The van der Waals surface area contributed by atoms with E-state index in [-0.39, 0.29) is 5.92 Å². The fraction of sp³-hybridized carbons (Fsp3) is 0.533. The van der Waals surface area contributed by atoms with Crippen molar-refractivity contribution >= 4 is 11.0 Å². The van der Waals surface area contributed by atoms with Crippen molar-refractivity contribution in [2.75, 3.05) is 6.54 Å². The first-order valence-electron chi connectivity index (χ1n) is 7.03. The molecule has 0 aliphatic carbocycles. The second-order valence-corrected chi connectivity index (χ2v) is 5.72. The molecule has 0 aliphatic heterocycles.